The molecule has 0 heterocycles. The quantitative estimate of drug-likeness (QED) is 0.403. The second kappa shape index (κ2) is 5.13. The van der Waals surface area contributed by atoms with Crippen LogP contribution in [-0.4, -0.2) is 18.5 Å². The Labute approximate surface area is 53.4 Å². The topological polar surface area (TPSA) is 0 Å². The first-order valence-electron chi connectivity index (χ1n) is 3.01. The second-order valence-electron chi connectivity index (χ2n) is 1.67. The summed E-state index contributed by atoms with van der Waals surface area (Å²) in [5, 5.41) is 0. The summed E-state index contributed by atoms with van der Waals surface area (Å²) in [7, 11) is 0.208. The van der Waals surface area contributed by atoms with Crippen LogP contribution in [0.3, 0.4) is 0 Å². The highest BCUT2D eigenvalue weighted by Gasteiger charge is 1.96. The average Bonchev–Trinajstić information content (AvgIpc) is 1.83. The summed E-state index contributed by atoms with van der Waals surface area (Å²) in [6, 6.07) is 0. The molecule has 0 aromatic rings. The molecule has 0 amide bonds. The van der Waals surface area contributed by atoms with Gasteiger partial charge in [-0.25, -0.2) is 0 Å². The highest BCUT2D eigenvalue weighted by atomic mass is 31.1. The molecule has 0 bridgehead atoms. The van der Waals surface area contributed by atoms with E-state index in [0.29, 0.717) is 0 Å². The maximum atomic E-state index is 5.15. The molecule has 0 unspecified atom stereocenters. The van der Waals surface area contributed by atoms with E-state index in [1.54, 1.807) is 0 Å². The number of terminal acetylenes is 1. The standard InChI is InChI=1S/C7H13P/c1-4-7-8(5-2)6-3/h1H,5-7H2,2-3H3. The number of hydrogen-bond donors (Lipinski definition) is 0. The minimum absolute atomic E-state index is 0.208. The van der Waals surface area contributed by atoms with E-state index in [0.717, 1.165) is 6.16 Å². The van der Waals surface area contributed by atoms with E-state index in [1.807, 2.05) is 0 Å². The van der Waals surface area contributed by atoms with E-state index in [2.05, 4.69) is 19.8 Å². The predicted octanol–water partition coefficient (Wildman–Crippen LogP) is 2.14. The Bertz CT molecular complexity index is 76.9. The summed E-state index contributed by atoms with van der Waals surface area (Å²) in [5.41, 5.74) is 0. The maximum Gasteiger partial charge on any atom is 0.0288 e. The van der Waals surface area contributed by atoms with E-state index in [1.165, 1.54) is 12.3 Å². The summed E-state index contributed by atoms with van der Waals surface area (Å²) in [4.78, 5) is 0. The van der Waals surface area contributed by atoms with Crippen molar-refractivity contribution in [1.29, 1.82) is 0 Å². The van der Waals surface area contributed by atoms with Gasteiger partial charge in [-0.1, -0.05) is 21.8 Å². The van der Waals surface area contributed by atoms with Gasteiger partial charge in [0.05, 0.1) is 0 Å². The van der Waals surface area contributed by atoms with Crippen LogP contribution in [-0.2, 0) is 0 Å². The molecule has 0 nitrogen and oxygen atoms in total. The predicted molar refractivity (Wildman–Crippen MR) is 41.7 cm³/mol. The lowest BCUT2D eigenvalue weighted by molar-refractivity contribution is 1.40. The van der Waals surface area contributed by atoms with Crippen molar-refractivity contribution >= 4 is 7.92 Å². The van der Waals surface area contributed by atoms with Crippen LogP contribution in [0.4, 0.5) is 0 Å². The summed E-state index contributed by atoms with van der Waals surface area (Å²) in [6.07, 6.45) is 8.74. The van der Waals surface area contributed by atoms with Crippen molar-refractivity contribution in [3.63, 3.8) is 0 Å². The molecule has 0 N–H and O–H groups in total. The minimum atomic E-state index is 0.208. The monoisotopic (exact) mass is 128 g/mol. The highest BCUT2D eigenvalue weighted by molar-refractivity contribution is 7.57. The molecule has 0 aromatic carbocycles. The molecule has 8 heavy (non-hydrogen) atoms. The Morgan fingerprint density at radius 3 is 2.00 bits per heavy atom. The van der Waals surface area contributed by atoms with Crippen LogP contribution < -0.4 is 0 Å². The van der Waals surface area contributed by atoms with Crippen molar-refractivity contribution < 1.29 is 0 Å². The lowest BCUT2D eigenvalue weighted by Crippen LogP contribution is -1.85. The molecule has 0 fully saturated rings. The molecular formula is C7H13P. The zero-order chi connectivity index (χ0) is 6.41. The second-order valence-corrected chi connectivity index (χ2v) is 4.59. The van der Waals surface area contributed by atoms with Crippen LogP contribution in [0.15, 0.2) is 0 Å². The zero-order valence-corrected chi connectivity index (χ0v) is 6.54. The third kappa shape index (κ3) is 3.05. The summed E-state index contributed by atoms with van der Waals surface area (Å²) >= 11 is 0. The van der Waals surface area contributed by atoms with Gasteiger partial charge >= 0.3 is 0 Å². The van der Waals surface area contributed by atoms with E-state index in [4.69, 9.17) is 6.42 Å². The smallest absolute Gasteiger partial charge is 0.0288 e. The van der Waals surface area contributed by atoms with E-state index < -0.39 is 0 Å². The van der Waals surface area contributed by atoms with Crippen LogP contribution in [0, 0.1) is 12.3 Å². The molecule has 0 rings (SSSR count). The Morgan fingerprint density at radius 2 is 1.88 bits per heavy atom. The maximum absolute atomic E-state index is 5.15. The Hall–Kier alpha value is -0.0100. The molecule has 0 aliphatic rings. The number of hydrogen-bond acceptors (Lipinski definition) is 0. The molecule has 0 saturated heterocycles. The van der Waals surface area contributed by atoms with Gasteiger partial charge in [-0.05, 0) is 12.3 Å². The molecule has 0 aromatic heterocycles. The van der Waals surface area contributed by atoms with Gasteiger partial charge in [-0.2, -0.15) is 0 Å². The lowest BCUT2D eigenvalue weighted by atomic mass is 10.8. The van der Waals surface area contributed by atoms with Crippen molar-refractivity contribution in [2.24, 2.45) is 0 Å². The molecule has 46 valence electrons. The lowest BCUT2D eigenvalue weighted by Gasteiger charge is -2.06. The van der Waals surface area contributed by atoms with Crippen LogP contribution in [0.25, 0.3) is 0 Å². The van der Waals surface area contributed by atoms with Crippen molar-refractivity contribution in [1.82, 2.24) is 0 Å². The molecule has 0 aliphatic heterocycles. The van der Waals surface area contributed by atoms with Crippen molar-refractivity contribution in [3.8, 4) is 12.3 Å². The minimum Gasteiger partial charge on any atom is -0.120 e. The Kier molecular flexibility index (Phi) is 5.13. The first-order chi connectivity index (χ1) is 3.85. The van der Waals surface area contributed by atoms with E-state index in [9.17, 15) is 0 Å². The van der Waals surface area contributed by atoms with Gasteiger partial charge in [0.25, 0.3) is 0 Å². The zero-order valence-electron chi connectivity index (χ0n) is 5.65. The van der Waals surface area contributed by atoms with Crippen molar-refractivity contribution in [3.05, 3.63) is 0 Å². The Balaban J connectivity index is 3.25. The van der Waals surface area contributed by atoms with Gasteiger partial charge < -0.3 is 0 Å². The third-order valence-corrected chi connectivity index (χ3v) is 3.63. The summed E-state index contributed by atoms with van der Waals surface area (Å²) < 4.78 is 0. The van der Waals surface area contributed by atoms with Crippen LogP contribution in [0.2, 0.25) is 0 Å². The van der Waals surface area contributed by atoms with Crippen LogP contribution in [0.1, 0.15) is 13.8 Å². The summed E-state index contributed by atoms with van der Waals surface area (Å²) in [5.74, 6) is 2.70. The normalized spacial score (nSPS) is 9.25. The summed E-state index contributed by atoms with van der Waals surface area (Å²) in [6.45, 7) is 4.43. The molecule has 0 atom stereocenters. The van der Waals surface area contributed by atoms with Gasteiger partial charge in [-0.3, -0.25) is 0 Å². The van der Waals surface area contributed by atoms with Crippen molar-refractivity contribution in [2.45, 2.75) is 13.8 Å². The van der Waals surface area contributed by atoms with Gasteiger partial charge in [0.15, 0.2) is 0 Å². The van der Waals surface area contributed by atoms with E-state index >= 15 is 0 Å². The largest absolute Gasteiger partial charge is 0.120 e. The van der Waals surface area contributed by atoms with Crippen molar-refractivity contribution in [2.75, 3.05) is 18.5 Å². The van der Waals surface area contributed by atoms with Gasteiger partial charge in [0, 0.05) is 6.16 Å². The molecule has 0 radical (unpaired) electrons. The van der Waals surface area contributed by atoms with Gasteiger partial charge in [0.1, 0.15) is 0 Å². The van der Waals surface area contributed by atoms with Crippen LogP contribution in [0.5, 0.6) is 0 Å². The van der Waals surface area contributed by atoms with Crippen LogP contribution >= 0.6 is 7.92 Å². The molecule has 0 aliphatic carbocycles. The fourth-order valence-electron chi connectivity index (χ4n) is 0.576. The first kappa shape index (κ1) is 7.99. The van der Waals surface area contributed by atoms with E-state index in [-0.39, 0.29) is 7.92 Å². The molecule has 0 spiro atoms. The SMILES string of the molecule is C#CCP(CC)CC. The highest BCUT2D eigenvalue weighted by Crippen LogP contribution is 2.32. The fourth-order valence-corrected chi connectivity index (χ4v) is 1.73. The molecule has 1 heteroatoms. The first-order valence-corrected chi connectivity index (χ1v) is 4.90. The van der Waals surface area contributed by atoms with Gasteiger partial charge in [-0.15, -0.1) is 12.3 Å². The number of rotatable bonds is 3. The van der Waals surface area contributed by atoms with Gasteiger partial charge in [0.2, 0.25) is 0 Å². The third-order valence-electron chi connectivity index (χ3n) is 1.21. The fraction of sp³-hybridized carbons (Fsp3) is 0.714. The average molecular weight is 128 g/mol. The Morgan fingerprint density at radius 1 is 1.38 bits per heavy atom. The molecule has 0 saturated carbocycles. The molecular weight excluding hydrogens is 115 g/mol.